The molecule has 0 N–H and O–H groups in total. The SMILES string of the molecule is N#CCCN(c1cc(Cl)ccc1CBr)C1CC1. The van der Waals surface area contributed by atoms with Gasteiger partial charge in [-0.25, -0.2) is 0 Å². The van der Waals surface area contributed by atoms with E-state index in [-0.39, 0.29) is 0 Å². The summed E-state index contributed by atoms with van der Waals surface area (Å²) in [5.74, 6) is 0. The Balaban J connectivity index is 2.27. The van der Waals surface area contributed by atoms with Gasteiger partial charge in [0.25, 0.3) is 0 Å². The van der Waals surface area contributed by atoms with Gasteiger partial charge in [0.05, 0.1) is 12.5 Å². The molecular formula is C13H14BrClN2. The van der Waals surface area contributed by atoms with Gasteiger partial charge in [-0.3, -0.25) is 0 Å². The van der Waals surface area contributed by atoms with Crippen LogP contribution in [-0.2, 0) is 5.33 Å². The van der Waals surface area contributed by atoms with Crippen LogP contribution in [0.1, 0.15) is 24.8 Å². The summed E-state index contributed by atoms with van der Waals surface area (Å²) in [6, 6.07) is 8.78. The maximum atomic E-state index is 8.73. The summed E-state index contributed by atoms with van der Waals surface area (Å²) in [5, 5.41) is 10.3. The van der Waals surface area contributed by atoms with Crippen LogP contribution in [-0.4, -0.2) is 12.6 Å². The Kier molecular flexibility index (Phi) is 4.31. The Bertz CT molecular complexity index is 438. The Hall–Kier alpha value is -0.720. The Morgan fingerprint density at radius 3 is 2.82 bits per heavy atom. The molecule has 0 radical (unpaired) electrons. The topological polar surface area (TPSA) is 27.0 Å². The van der Waals surface area contributed by atoms with Gasteiger partial charge in [0.1, 0.15) is 0 Å². The first kappa shape index (κ1) is 12.7. The van der Waals surface area contributed by atoms with Crippen LogP contribution in [0.25, 0.3) is 0 Å². The van der Waals surface area contributed by atoms with E-state index in [0.29, 0.717) is 12.5 Å². The number of nitriles is 1. The van der Waals surface area contributed by atoms with Gasteiger partial charge < -0.3 is 4.90 Å². The molecule has 1 fully saturated rings. The first-order chi connectivity index (χ1) is 8.26. The monoisotopic (exact) mass is 312 g/mol. The van der Waals surface area contributed by atoms with Crippen molar-refractivity contribution < 1.29 is 0 Å². The number of benzene rings is 1. The van der Waals surface area contributed by atoms with Crippen molar-refractivity contribution in [2.24, 2.45) is 0 Å². The van der Waals surface area contributed by atoms with Crippen LogP contribution in [0.3, 0.4) is 0 Å². The maximum absolute atomic E-state index is 8.73. The number of nitrogens with zero attached hydrogens (tertiary/aromatic N) is 2. The average molecular weight is 314 g/mol. The van der Waals surface area contributed by atoms with Crippen molar-refractivity contribution in [1.29, 1.82) is 5.26 Å². The normalized spacial score (nSPS) is 14.4. The molecule has 90 valence electrons. The third-order valence-corrected chi connectivity index (χ3v) is 3.79. The molecule has 0 aromatic heterocycles. The fourth-order valence-electron chi connectivity index (χ4n) is 1.97. The predicted octanol–water partition coefficient (Wildman–Crippen LogP) is 4.12. The van der Waals surface area contributed by atoms with Crippen molar-refractivity contribution in [3.05, 3.63) is 28.8 Å². The third-order valence-electron chi connectivity index (χ3n) is 2.95. The molecule has 0 atom stereocenters. The van der Waals surface area contributed by atoms with E-state index in [2.05, 4.69) is 26.9 Å². The van der Waals surface area contributed by atoms with Crippen molar-refractivity contribution in [1.82, 2.24) is 0 Å². The van der Waals surface area contributed by atoms with Crippen LogP contribution in [0, 0.1) is 11.3 Å². The van der Waals surface area contributed by atoms with E-state index in [4.69, 9.17) is 16.9 Å². The molecule has 0 unspecified atom stereocenters. The highest BCUT2D eigenvalue weighted by molar-refractivity contribution is 9.08. The lowest BCUT2D eigenvalue weighted by molar-refractivity contribution is 0.789. The molecule has 0 aliphatic heterocycles. The van der Waals surface area contributed by atoms with Crippen LogP contribution in [0.4, 0.5) is 5.69 Å². The van der Waals surface area contributed by atoms with Gasteiger partial charge in [0.2, 0.25) is 0 Å². The number of anilines is 1. The van der Waals surface area contributed by atoms with Gasteiger partial charge in [-0.1, -0.05) is 33.6 Å². The highest BCUT2D eigenvalue weighted by Gasteiger charge is 2.30. The summed E-state index contributed by atoms with van der Waals surface area (Å²) in [4.78, 5) is 2.33. The van der Waals surface area contributed by atoms with Crippen LogP contribution >= 0.6 is 27.5 Å². The molecule has 1 aromatic carbocycles. The molecule has 2 rings (SSSR count). The van der Waals surface area contributed by atoms with Gasteiger partial charge >= 0.3 is 0 Å². The second-order valence-corrected chi connectivity index (χ2v) is 5.24. The van der Waals surface area contributed by atoms with E-state index >= 15 is 0 Å². The molecule has 0 spiro atoms. The summed E-state index contributed by atoms with van der Waals surface area (Å²) >= 11 is 9.57. The lowest BCUT2D eigenvalue weighted by Crippen LogP contribution is -2.27. The lowest BCUT2D eigenvalue weighted by atomic mass is 10.1. The standard InChI is InChI=1S/C13H14BrClN2/c14-9-10-2-3-11(15)8-13(10)17(7-1-6-16)12-4-5-12/h2-3,8,12H,1,4-5,7,9H2. The van der Waals surface area contributed by atoms with Crippen molar-refractivity contribution in [2.45, 2.75) is 30.6 Å². The summed E-state index contributed by atoms with van der Waals surface area (Å²) < 4.78 is 0. The first-order valence-electron chi connectivity index (χ1n) is 5.74. The maximum Gasteiger partial charge on any atom is 0.0640 e. The summed E-state index contributed by atoms with van der Waals surface area (Å²) in [6.07, 6.45) is 3.00. The predicted molar refractivity (Wildman–Crippen MR) is 74.7 cm³/mol. The smallest absolute Gasteiger partial charge is 0.0640 e. The number of alkyl halides is 1. The Morgan fingerprint density at radius 1 is 1.47 bits per heavy atom. The van der Waals surface area contributed by atoms with Gasteiger partial charge in [-0.2, -0.15) is 5.26 Å². The largest absolute Gasteiger partial charge is 0.367 e. The van der Waals surface area contributed by atoms with Crippen molar-refractivity contribution in [3.8, 4) is 6.07 Å². The minimum atomic E-state index is 0.560. The molecule has 1 saturated carbocycles. The number of hydrogen-bond acceptors (Lipinski definition) is 2. The van der Waals surface area contributed by atoms with Crippen LogP contribution < -0.4 is 4.90 Å². The Morgan fingerprint density at radius 2 is 2.24 bits per heavy atom. The molecule has 2 nitrogen and oxygen atoms in total. The highest BCUT2D eigenvalue weighted by Crippen LogP contribution is 2.35. The summed E-state index contributed by atoms with van der Waals surface area (Å²) in [6.45, 7) is 0.793. The molecule has 0 bridgehead atoms. The quantitative estimate of drug-likeness (QED) is 0.765. The van der Waals surface area contributed by atoms with Crippen molar-refractivity contribution >= 4 is 33.2 Å². The summed E-state index contributed by atoms with van der Waals surface area (Å²) in [7, 11) is 0. The molecule has 0 heterocycles. The van der Waals surface area contributed by atoms with E-state index in [1.165, 1.54) is 24.1 Å². The molecule has 1 aliphatic carbocycles. The van der Waals surface area contributed by atoms with E-state index in [9.17, 15) is 0 Å². The molecule has 1 aromatic rings. The van der Waals surface area contributed by atoms with E-state index < -0.39 is 0 Å². The van der Waals surface area contributed by atoms with Crippen LogP contribution in [0.2, 0.25) is 5.02 Å². The number of rotatable bonds is 5. The third kappa shape index (κ3) is 3.14. The Labute approximate surface area is 115 Å². The second-order valence-electron chi connectivity index (χ2n) is 4.24. The molecule has 0 saturated heterocycles. The molecule has 4 heteroatoms. The van der Waals surface area contributed by atoms with Crippen LogP contribution in [0.15, 0.2) is 18.2 Å². The summed E-state index contributed by atoms with van der Waals surface area (Å²) in [5.41, 5.74) is 2.41. The first-order valence-corrected chi connectivity index (χ1v) is 7.24. The molecular weight excluding hydrogens is 300 g/mol. The van der Waals surface area contributed by atoms with E-state index in [1.807, 2.05) is 18.2 Å². The molecule has 17 heavy (non-hydrogen) atoms. The van der Waals surface area contributed by atoms with E-state index in [0.717, 1.165) is 16.9 Å². The fourth-order valence-corrected chi connectivity index (χ4v) is 2.61. The zero-order valence-corrected chi connectivity index (χ0v) is 11.8. The van der Waals surface area contributed by atoms with E-state index in [1.54, 1.807) is 0 Å². The zero-order valence-electron chi connectivity index (χ0n) is 9.50. The molecule has 1 aliphatic rings. The van der Waals surface area contributed by atoms with Gasteiger partial charge in [0, 0.05) is 28.6 Å². The molecule has 0 amide bonds. The van der Waals surface area contributed by atoms with Gasteiger partial charge in [0.15, 0.2) is 0 Å². The van der Waals surface area contributed by atoms with Crippen molar-refractivity contribution in [2.75, 3.05) is 11.4 Å². The minimum absolute atomic E-state index is 0.560. The van der Waals surface area contributed by atoms with Crippen molar-refractivity contribution in [3.63, 3.8) is 0 Å². The fraction of sp³-hybridized carbons (Fsp3) is 0.462. The van der Waals surface area contributed by atoms with Crippen LogP contribution in [0.5, 0.6) is 0 Å². The van der Waals surface area contributed by atoms with Gasteiger partial charge in [-0.05, 0) is 30.5 Å². The van der Waals surface area contributed by atoms with Gasteiger partial charge in [-0.15, -0.1) is 0 Å². The number of halogens is 2. The lowest BCUT2D eigenvalue weighted by Gasteiger charge is -2.26. The minimum Gasteiger partial charge on any atom is -0.367 e. The second kappa shape index (κ2) is 5.75. The zero-order chi connectivity index (χ0) is 12.3. The number of hydrogen-bond donors (Lipinski definition) is 0. The average Bonchev–Trinajstić information content (AvgIpc) is 3.14. The highest BCUT2D eigenvalue weighted by atomic mass is 79.9.